The Morgan fingerprint density at radius 2 is 1.77 bits per heavy atom. The normalized spacial score (nSPS) is 11.3. The first-order chi connectivity index (χ1) is 12.4. The van der Waals surface area contributed by atoms with Gasteiger partial charge in [-0.1, -0.05) is 46.2 Å². The summed E-state index contributed by atoms with van der Waals surface area (Å²) in [6.45, 7) is 10.6. The standard InChI is InChI=1S/C20H29ClN4O/c1-7-13(8-2)22-19-15(9-3)23-17(18(21)25-19)14-10-11-16(12(4)5)24-20(14)26-6/h10-13H,7-9H2,1-6H3,(H,22,25). The Hall–Kier alpha value is -1.88. The van der Waals surface area contributed by atoms with E-state index >= 15 is 0 Å². The number of pyridine rings is 1. The molecule has 0 bridgehead atoms. The number of anilines is 1. The van der Waals surface area contributed by atoms with Gasteiger partial charge in [0.15, 0.2) is 5.15 Å². The van der Waals surface area contributed by atoms with Crippen LogP contribution >= 0.6 is 11.6 Å². The summed E-state index contributed by atoms with van der Waals surface area (Å²) in [6.07, 6.45) is 2.81. The van der Waals surface area contributed by atoms with Crippen LogP contribution in [0, 0.1) is 0 Å². The van der Waals surface area contributed by atoms with Gasteiger partial charge in [-0.25, -0.2) is 15.0 Å². The van der Waals surface area contributed by atoms with Gasteiger partial charge >= 0.3 is 0 Å². The van der Waals surface area contributed by atoms with Gasteiger partial charge in [0.05, 0.1) is 18.4 Å². The maximum absolute atomic E-state index is 6.50. The molecule has 2 rings (SSSR count). The van der Waals surface area contributed by atoms with E-state index in [1.54, 1.807) is 7.11 Å². The van der Waals surface area contributed by atoms with E-state index in [9.17, 15) is 0 Å². The quantitative estimate of drug-likeness (QED) is 0.660. The Labute approximate surface area is 161 Å². The van der Waals surface area contributed by atoms with Crippen LogP contribution in [0.3, 0.4) is 0 Å². The van der Waals surface area contributed by atoms with E-state index in [1.165, 1.54) is 0 Å². The van der Waals surface area contributed by atoms with E-state index in [2.05, 4.69) is 49.9 Å². The fraction of sp³-hybridized carbons (Fsp3) is 0.550. The molecule has 0 aromatic carbocycles. The Bertz CT molecular complexity index is 745. The van der Waals surface area contributed by atoms with Crippen molar-refractivity contribution in [1.29, 1.82) is 0 Å². The van der Waals surface area contributed by atoms with Gasteiger partial charge in [-0.15, -0.1) is 0 Å². The van der Waals surface area contributed by atoms with Crippen molar-refractivity contribution in [3.8, 4) is 17.1 Å². The summed E-state index contributed by atoms with van der Waals surface area (Å²) in [6, 6.07) is 4.31. The summed E-state index contributed by atoms with van der Waals surface area (Å²) in [4.78, 5) is 14.0. The van der Waals surface area contributed by atoms with Crippen molar-refractivity contribution in [1.82, 2.24) is 15.0 Å². The summed E-state index contributed by atoms with van der Waals surface area (Å²) in [5.74, 6) is 1.60. The molecule has 0 amide bonds. The van der Waals surface area contributed by atoms with Crippen molar-refractivity contribution >= 4 is 17.4 Å². The highest BCUT2D eigenvalue weighted by atomic mass is 35.5. The number of aryl methyl sites for hydroxylation is 1. The van der Waals surface area contributed by atoms with Gasteiger partial charge in [-0.05, 0) is 37.3 Å². The number of rotatable bonds is 8. The summed E-state index contributed by atoms with van der Waals surface area (Å²) >= 11 is 6.50. The molecule has 0 radical (unpaired) electrons. The molecule has 142 valence electrons. The van der Waals surface area contributed by atoms with Crippen molar-refractivity contribution in [3.05, 3.63) is 28.7 Å². The number of hydrogen-bond donors (Lipinski definition) is 1. The van der Waals surface area contributed by atoms with E-state index in [4.69, 9.17) is 21.3 Å². The second kappa shape index (κ2) is 9.17. The minimum absolute atomic E-state index is 0.317. The minimum atomic E-state index is 0.317. The molecule has 2 aromatic heterocycles. The van der Waals surface area contributed by atoms with Gasteiger partial charge in [0, 0.05) is 11.7 Å². The van der Waals surface area contributed by atoms with Crippen LogP contribution in [-0.2, 0) is 6.42 Å². The Kier molecular flexibility index (Phi) is 7.21. The summed E-state index contributed by atoms with van der Waals surface area (Å²) in [7, 11) is 1.61. The van der Waals surface area contributed by atoms with Crippen molar-refractivity contribution in [2.75, 3.05) is 12.4 Å². The van der Waals surface area contributed by atoms with Crippen molar-refractivity contribution in [2.24, 2.45) is 0 Å². The van der Waals surface area contributed by atoms with Crippen LogP contribution in [0.5, 0.6) is 5.88 Å². The monoisotopic (exact) mass is 376 g/mol. The van der Waals surface area contributed by atoms with Crippen LogP contribution in [-0.4, -0.2) is 28.1 Å². The van der Waals surface area contributed by atoms with Crippen LogP contribution < -0.4 is 10.1 Å². The molecule has 0 saturated carbocycles. The van der Waals surface area contributed by atoms with Crippen LogP contribution in [0.1, 0.15) is 64.8 Å². The highest BCUT2D eigenvalue weighted by molar-refractivity contribution is 6.32. The Morgan fingerprint density at radius 3 is 2.31 bits per heavy atom. The maximum atomic E-state index is 6.50. The molecule has 0 aliphatic rings. The average Bonchev–Trinajstić information content (AvgIpc) is 2.65. The van der Waals surface area contributed by atoms with Gasteiger partial charge < -0.3 is 10.1 Å². The highest BCUT2D eigenvalue weighted by Crippen LogP contribution is 2.34. The second-order valence-electron chi connectivity index (χ2n) is 6.62. The van der Waals surface area contributed by atoms with Gasteiger partial charge in [-0.2, -0.15) is 0 Å². The number of ether oxygens (including phenoxy) is 1. The number of nitrogens with zero attached hydrogens (tertiary/aromatic N) is 3. The third kappa shape index (κ3) is 4.44. The predicted molar refractivity (Wildman–Crippen MR) is 108 cm³/mol. The lowest BCUT2D eigenvalue weighted by atomic mass is 10.1. The molecule has 5 nitrogen and oxygen atoms in total. The SMILES string of the molecule is CCc1nc(-c2ccc(C(C)C)nc2OC)c(Cl)nc1NC(CC)CC. The van der Waals surface area contributed by atoms with E-state index in [1.807, 2.05) is 12.1 Å². The average molecular weight is 377 g/mol. The summed E-state index contributed by atoms with van der Waals surface area (Å²) < 4.78 is 5.50. The molecule has 0 unspecified atom stereocenters. The minimum Gasteiger partial charge on any atom is -0.480 e. The fourth-order valence-corrected chi connectivity index (χ4v) is 3.01. The third-order valence-electron chi connectivity index (χ3n) is 4.51. The number of methoxy groups -OCH3 is 1. The summed E-state index contributed by atoms with van der Waals surface area (Å²) in [5, 5.41) is 3.82. The predicted octanol–water partition coefficient (Wildman–Crippen LogP) is 5.49. The Balaban J connectivity index is 2.51. The maximum Gasteiger partial charge on any atom is 0.223 e. The fourth-order valence-electron chi connectivity index (χ4n) is 2.78. The number of nitrogens with one attached hydrogen (secondary N) is 1. The molecule has 0 saturated heterocycles. The zero-order valence-corrected chi connectivity index (χ0v) is 17.3. The van der Waals surface area contributed by atoms with Gasteiger partial charge in [0.2, 0.25) is 5.88 Å². The zero-order valence-electron chi connectivity index (χ0n) is 16.6. The number of aromatic nitrogens is 3. The number of hydrogen-bond acceptors (Lipinski definition) is 5. The van der Waals surface area contributed by atoms with Crippen molar-refractivity contribution < 1.29 is 4.74 Å². The van der Waals surface area contributed by atoms with Crippen molar-refractivity contribution in [3.63, 3.8) is 0 Å². The molecule has 2 heterocycles. The highest BCUT2D eigenvalue weighted by Gasteiger charge is 2.19. The first kappa shape index (κ1) is 20.4. The second-order valence-corrected chi connectivity index (χ2v) is 6.98. The number of halogens is 1. The molecule has 0 spiro atoms. The first-order valence-electron chi connectivity index (χ1n) is 9.33. The largest absolute Gasteiger partial charge is 0.480 e. The lowest BCUT2D eigenvalue weighted by molar-refractivity contribution is 0.397. The van der Waals surface area contributed by atoms with E-state index in [0.29, 0.717) is 28.7 Å². The van der Waals surface area contributed by atoms with E-state index in [0.717, 1.165) is 42.0 Å². The van der Waals surface area contributed by atoms with Crippen LogP contribution in [0.4, 0.5) is 5.82 Å². The van der Waals surface area contributed by atoms with E-state index in [-0.39, 0.29) is 0 Å². The first-order valence-corrected chi connectivity index (χ1v) is 9.71. The third-order valence-corrected chi connectivity index (χ3v) is 4.77. The molecule has 1 N–H and O–H groups in total. The molecule has 0 aliphatic carbocycles. The zero-order chi connectivity index (χ0) is 19.3. The van der Waals surface area contributed by atoms with Gasteiger partial charge in [0.25, 0.3) is 0 Å². The van der Waals surface area contributed by atoms with Crippen LogP contribution in [0.15, 0.2) is 12.1 Å². The molecule has 6 heteroatoms. The molecular formula is C20H29ClN4O. The van der Waals surface area contributed by atoms with Crippen molar-refractivity contribution in [2.45, 2.75) is 65.8 Å². The van der Waals surface area contributed by atoms with Crippen LogP contribution in [0.2, 0.25) is 5.15 Å². The smallest absolute Gasteiger partial charge is 0.223 e. The molecule has 0 aliphatic heterocycles. The van der Waals surface area contributed by atoms with Crippen LogP contribution in [0.25, 0.3) is 11.3 Å². The topological polar surface area (TPSA) is 59.9 Å². The summed E-state index contributed by atoms with van der Waals surface area (Å²) in [5.41, 5.74) is 3.24. The molecule has 0 fully saturated rings. The van der Waals surface area contributed by atoms with Gasteiger partial charge in [-0.3, -0.25) is 0 Å². The molecule has 2 aromatic rings. The van der Waals surface area contributed by atoms with Gasteiger partial charge in [0.1, 0.15) is 11.5 Å². The molecule has 26 heavy (non-hydrogen) atoms. The Morgan fingerprint density at radius 1 is 1.08 bits per heavy atom. The molecular weight excluding hydrogens is 348 g/mol. The van der Waals surface area contributed by atoms with E-state index < -0.39 is 0 Å². The molecule has 0 atom stereocenters. The lowest BCUT2D eigenvalue weighted by Crippen LogP contribution is -2.20. The lowest BCUT2D eigenvalue weighted by Gasteiger charge is -2.19.